The number of aliphatic hydroxyl groups excluding tert-OH is 2. The smallest absolute Gasteiger partial charge is 0.0597 e. The molecule has 0 unspecified atom stereocenters. The quantitative estimate of drug-likeness (QED) is 0.561. The van der Waals surface area contributed by atoms with Crippen LogP contribution >= 0.6 is 0 Å². The highest BCUT2D eigenvalue weighted by molar-refractivity contribution is 5.02. The van der Waals surface area contributed by atoms with Gasteiger partial charge in [0.15, 0.2) is 0 Å². The standard InChI is InChI=1S/C10H16O2/c11-9-5-1-6-3-8(9)4-7(2-5)10(6)12/h5-12H,1-4H2. The van der Waals surface area contributed by atoms with Crippen molar-refractivity contribution in [3.8, 4) is 0 Å². The van der Waals surface area contributed by atoms with E-state index in [1.807, 2.05) is 0 Å². The molecular formula is C10H16O2. The van der Waals surface area contributed by atoms with Crippen LogP contribution in [0.1, 0.15) is 25.7 Å². The lowest BCUT2D eigenvalue weighted by Gasteiger charge is -2.54. The summed E-state index contributed by atoms with van der Waals surface area (Å²) in [6.45, 7) is 0. The van der Waals surface area contributed by atoms with Crippen LogP contribution in [-0.2, 0) is 0 Å². The molecular weight excluding hydrogens is 152 g/mol. The molecule has 0 aromatic carbocycles. The van der Waals surface area contributed by atoms with E-state index < -0.39 is 0 Å². The highest BCUT2D eigenvalue weighted by Crippen LogP contribution is 2.53. The van der Waals surface area contributed by atoms with Crippen molar-refractivity contribution in [1.29, 1.82) is 0 Å². The van der Waals surface area contributed by atoms with Gasteiger partial charge in [-0.15, -0.1) is 0 Å². The summed E-state index contributed by atoms with van der Waals surface area (Å²) in [6, 6.07) is 0. The van der Waals surface area contributed by atoms with E-state index in [1.54, 1.807) is 0 Å². The monoisotopic (exact) mass is 168 g/mol. The van der Waals surface area contributed by atoms with Gasteiger partial charge >= 0.3 is 0 Å². The highest BCUT2D eigenvalue weighted by atomic mass is 16.3. The van der Waals surface area contributed by atoms with Gasteiger partial charge in [-0.05, 0) is 49.4 Å². The molecule has 0 atom stereocenters. The van der Waals surface area contributed by atoms with Crippen molar-refractivity contribution in [2.45, 2.75) is 37.9 Å². The fourth-order valence-electron chi connectivity index (χ4n) is 3.83. The van der Waals surface area contributed by atoms with Crippen LogP contribution in [0.15, 0.2) is 0 Å². The van der Waals surface area contributed by atoms with Crippen LogP contribution < -0.4 is 0 Å². The van der Waals surface area contributed by atoms with Gasteiger partial charge in [-0.25, -0.2) is 0 Å². The highest BCUT2D eigenvalue weighted by Gasteiger charge is 2.51. The van der Waals surface area contributed by atoms with Gasteiger partial charge in [0.25, 0.3) is 0 Å². The molecule has 0 amide bonds. The van der Waals surface area contributed by atoms with Crippen LogP contribution in [0.25, 0.3) is 0 Å². The second kappa shape index (κ2) is 2.24. The van der Waals surface area contributed by atoms with Gasteiger partial charge in [-0.3, -0.25) is 0 Å². The molecule has 4 rings (SSSR count). The summed E-state index contributed by atoms with van der Waals surface area (Å²) in [6.07, 6.45) is 4.24. The molecule has 0 aromatic rings. The van der Waals surface area contributed by atoms with E-state index >= 15 is 0 Å². The van der Waals surface area contributed by atoms with Crippen LogP contribution in [0, 0.1) is 23.7 Å². The van der Waals surface area contributed by atoms with E-state index in [0.29, 0.717) is 23.7 Å². The maximum atomic E-state index is 9.83. The molecule has 0 aromatic heterocycles. The van der Waals surface area contributed by atoms with Gasteiger partial charge in [0.05, 0.1) is 12.2 Å². The summed E-state index contributed by atoms with van der Waals surface area (Å²) in [5.41, 5.74) is 0. The third kappa shape index (κ3) is 0.775. The Morgan fingerprint density at radius 3 is 1.08 bits per heavy atom. The zero-order valence-electron chi connectivity index (χ0n) is 7.19. The molecule has 2 heteroatoms. The summed E-state index contributed by atoms with van der Waals surface area (Å²) >= 11 is 0. The molecule has 4 bridgehead atoms. The molecule has 0 aliphatic heterocycles. The normalized spacial score (nSPS) is 62.5. The molecule has 4 fully saturated rings. The van der Waals surface area contributed by atoms with Crippen molar-refractivity contribution < 1.29 is 10.2 Å². The van der Waals surface area contributed by atoms with Crippen molar-refractivity contribution in [2.24, 2.45) is 23.7 Å². The Hall–Kier alpha value is -0.0800. The van der Waals surface area contributed by atoms with Crippen LogP contribution in [-0.4, -0.2) is 22.4 Å². The molecule has 4 saturated carbocycles. The minimum absolute atomic E-state index is 0.0370. The summed E-state index contributed by atoms with van der Waals surface area (Å²) in [5, 5.41) is 19.7. The maximum Gasteiger partial charge on any atom is 0.0597 e. The molecule has 4 aliphatic carbocycles. The molecule has 12 heavy (non-hydrogen) atoms. The molecule has 0 saturated heterocycles. The average Bonchev–Trinajstić information content (AvgIpc) is 2.02. The van der Waals surface area contributed by atoms with Crippen LogP contribution in [0.5, 0.6) is 0 Å². The zero-order valence-corrected chi connectivity index (χ0v) is 7.19. The van der Waals surface area contributed by atoms with Crippen LogP contribution in [0.3, 0.4) is 0 Å². The Kier molecular flexibility index (Phi) is 1.37. The first-order valence-electron chi connectivity index (χ1n) is 5.12. The van der Waals surface area contributed by atoms with Gasteiger partial charge in [0.2, 0.25) is 0 Å². The predicted octanol–water partition coefficient (Wildman–Crippen LogP) is 0.774. The van der Waals surface area contributed by atoms with Gasteiger partial charge in [0.1, 0.15) is 0 Å². The number of hydrogen-bond donors (Lipinski definition) is 2. The van der Waals surface area contributed by atoms with Crippen molar-refractivity contribution in [2.75, 3.05) is 0 Å². The third-order valence-electron chi connectivity index (χ3n) is 4.35. The first-order chi connectivity index (χ1) is 5.75. The van der Waals surface area contributed by atoms with E-state index in [4.69, 9.17) is 0 Å². The molecule has 2 nitrogen and oxygen atoms in total. The van der Waals surface area contributed by atoms with Crippen molar-refractivity contribution in [3.63, 3.8) is 0 Å². The first kappa shape index (κ1) is 7.34. The van der Waals surface area contributed by atoms with Crippen molar-refractivity contribution in [3.05, 3.63) is 0 Å². The Morgan fingerprint density at radius 2 is 0.833 bits per heavy atom. The summed E-state index contributed by atoms with van der Waals surface area (Å²) < 4.78 is 0. The van der Waals surface area contributed by atoms with E-state index in [-0.39, 0.29) is 12.2 Å². The lowest BCUT2D eigenvalue weighted by Crippen LogP contribution is -2.54. The topological polar surface area (TPSA) is 40.5 Å². The fourth-order valence-corrected chi connectivity index (χ4v) is 3.83. The molecule has 0 radical (unpaired) electrons. The minimum Gasteiger partial charge on any atom is -0.393 e. The van der Waals surface area contributed by atoms with Gasteiger partial charge in [-0.2, -0.15) is 0 Å². The van der Waals surface area contributed by atoms with E-state index in [1.165, 1.54) is 0 Å². The Morgan fingerprint density at radius 1 is 0.583 bits per heavy atom. The molecule has 0 spiro atoms. The Bertz CT molecular complexity index is 154. The largest absolute Gasteiger partial charge is 0.393 e. The molecule has 68 valence electrons. The second-order valence-corrected chi connectivity index (χ2v) is 4.96. The predicted molar refractivity (Wildman–Crippen MR) is 44.4 cm³/mol. The van der Waals surface area contributed by atoms with Gasteiger partial charge in [-0.1, -0.05) is 0 Å². The summed E-state index contributed by atoms with van der Waals surface area (Å²) in [4.78, 5) is 0. The second-order valence-electron chi connectivity index (χ2n) is 4.96. The Balaban J connectivity index is 1.91. The van der Waals surface area contributed by atoms with Crippen molar-refractivity contribution in [1.82, 2.24) is 0 Å². The van der Waals surface area contributed by atoms with Gasteiger partial charge in [0, 0.05) is 0 Å². The number of aliphatic hydroxyl groups is 2. The lowest BCUT2D eigenvalue weighted by molar-refractivity contribution is -0.150. The summed E-state index contributed by atoms with van der Waals surface area (Å²) in [5.74, 6) is 2.10. The lowest BCUT2D eigenvalue weighted by atomic mass is 9.54. The maximum absolute atomic E-state index is 9.83. The van der Waals surface area contributed by atoms with Crippen LogP contribution in [0.4, 0.5) is 0 Å². The molecule has 4 aliphatic rings. The van der Waals surface area contributed by atoms with E-state index in [9.17, 15) is 10.2 Å². The van der Waals surface area contributed by atoms with Crippen molar-refractivity contribution >= 4 is 0 Å². The van der Waals surface area contributed by atoms with Gasteiger partial charge < -0.3 is 10.2 Å². The molecule has 0 heterocycles. The summed E-state index contributed by atoms with van der Waals surface area (Å²) in [7, 11) is 0. The van der Waals surface area contributed by atoms with E-state index in [2.05, 4.69) is 0 Å². The zero-order chi connectivity index (χ0) is 8.29. The Labute approximate surface area is 72.6 Å². The number of hydrogen-bond acceptors (Lipinski definition) is 2. The van der Waals surface area contributed by atoms with E-state index in [0.717, 1.165) is 25.7 Å². The van der Waals surface area contributed by atoms with Crippen LogP contribution in [0.2, 0.25) is 0 Å². The average molecular weight is 168 g/mol. The molecule has 2 N–H and O–H groups in total. The first-order valence-corrected chi connectivity index (χ1v) is 5.12. The fraction of sp³-hybridized carbons (Fsp3) is 1.00. The SMILES string of the molecule is OC1C2CC3CC1CC(C2)C3O. The number of rotatable bonds is 0. The third-order valence-corrected chi connectivity index (χ3v) is 4.35. The minimum atomic E-state index is -0.0370.